The van der Waals surface area contributed by atoms with Crippen molar-refractivity contribution >= 4 is 11.6 Å². The van der Waals surface area contributed by atoms with Crippen LogP contribution in [0.1, 0.15) is 23.9 Å². The van der Waals surface area contributed by atoms with E-state index >= 15 is 0 Å². The standard InChI is InChI=1S/C15H18F2N4/c1-4-18-14-9(2)15(21-10(3)20-14)19-8-11-7-12(16)5-6-13(11)17/h5-7H,4,8H2,1-3H3,(H2,18,19,20,21). The van der Waals surface area contributed by atoms with Crippen molar-refractivity contribution in [1.29, 1.82) is 0 Å². The highest BCUT2D eigenvalue weighted by Gasteiger charge is 2.10. The van der Waals surface area contributed by atoms with Gasteiger partial charge in [0.05, 0.1) is 0 Å². The van der Waals surface area contributed by atoms with E-state index < -0.39 is 11.6 Å². The van der Waals surface area contributed by atoms with Crippen molar-refractivity contribution in [3.8, 4) is 0 Å². The van der Waals surface area contributed by atoms with Crippen LogP contribution < -0.4 is 10.6 Å². The summed E-state index contributed by atoms with van der Waals surface area (Å²) in [5.41, 5.74) is 1.11. The van der Waals surface area contributed by atoms with Crippen molar-refractivity contribution in [2.24, 2.45) is 0 Å². The van der Waals surface area contributed by atoms with Crippen LogP contribution in [-0.4, -0.2) is 16.5 Å². The van der Waals surface area contributed by atoms with Gasteiger partial charge in [-0.3, -0.25) is 0 Å². The zero-order valence-corrected chi connectivity index (χ0v) is 12.3. The lowest BCUT2D eigenvalue weighted by Gasteiger charge is -2.14. The third-order valence-electron chi connectivity index (χ3n) is 3.06. The Labute approximate surface area is 122 Å². The predicted molar refractivity (Wildman–Crippen MR) is 79.4 cm³/mol. The molecule has 112 valence electrons. The number of hydrogen-bond donors (Lipinski definition) is 2. The highest BCUT2D eigenvalue weighted by atomic mass is 19.1. The molecule has 0 amide bonds. The number of nitrogens with one attached hydrogen (secondary N) is 2. The minimum Gasteiger partial charge on any atom is -0.370 e. The van der Waals surface area contributed by atoms with E-state index in [1.54, 1.807) is 6.92 Å². The maximum absolute atomic E-state index is 13.6. The first-order valence-electron chi connectivity index (χ1n) is 6.78. The topological polar surface area (TPSA) is 49.8 Å². The summed E-state index contributed by atoms with van der Waals surface area (Å²) in [6.07, 6.45) is 0. The lowest BCUT2D eigenvalue weighted by molar-refractivity contribution is 0.587. The van der Waals surface area contributed by atoms with E-state index in [-0.39, 0.29) is 12.1 Å². The molecule has 0 radical (unpaired) electrons. The van der Waals surface area contributed by atoms with Gasteiger partial charge in [0, 0.05) is 24.2 Å². The number of benzene rings is 1. The second-order valence-electron chi connectivity index (χ2n) is 4.71. The van der Waals surface area contributed by atoms with Crippen LogP contribution in [0, 0.1) is 25.5 Å². The minimum atomic E-state index is -0.461. The van der Waals surface area contributed by atoms with Gasteiger partial charge in [-0.2, -0.15) is 0 Å². The zero-order chi connectivity index (χ0) is 15.4. The largest absolute Gasteiger partial charge is 0.370 e. The van der Waals surface area contributed by atoms with Crippen LogP contribution >= 0.6 is 0 Å². The monoisotopic (exact) mass is 292 g/mol. The Morgan fingerprint density at radius 1 is 1.05 bits per heavy atom. The molecule has 2 N–H and O–H groups in total. The third kappa shape index (κ3) is 3.65. The molecular formula is C15H18F2N4. The molecule has 6 heteroatoms. The van der Waals surface area contributed by atoms with Gasteiger partial charge in [-0.15, -0.1) is 0 Å². The van der Waals surface area contributed by atoms with Crippen LogP contribution in [0.4, 0.5) is 20.4 Å². The molecule has 0 fully saturated rings. The Hall–Kier alpha value is -2.24. The molecule has 0 bridgehead atoms. The quantitative estimate of drug-likeness (QED) is 0.886. The van der Waals surface area contributed by atoms with Crippen molar-refractivity contribution in [2.75, 3.05) is 17.2 Å². The van der Waals surface area contributed by atoms with Crippen LogP contribution in [0.25, 0.3) is 0 Å². The van der Waals surface area contributed by atoms with Gasteiger partial charge in [0.1, 0.15) is 29.1 Å². The van der Waals surface area contributed by atoms with E-state index in [1.165, 1.54) is 6.07 Å². The fourth-order valence-corrected chi connectivity index (χ4v) is 2.00. The van der Waals surface area contributed by atoms with Crippen molar-refractivity contribution in [3.05, 3.63) is 46.8 Å². The molecule has 0 saturated heterocycles. The molecule has 0 aliphatic carbocycles. The molecule has 2 aromatic rings. The second-order valence-corrected chi connectivity index (χ2v) is 4.71. The highest BCUT2D eigenvalue weighted by Crippen LogP contribution is 2.21. The Morgan fingerprint density at radius 2 is 1.71 bits per heavy atom. The summed E-state index contributed by atoms with van der Waals surface area (Å²) in [5, 5.41) is 6.19. The van der Waals surface area contributed by atoms with E-state index in [0.717, 1.165) is 30.1 Å². The van der Waals surface area contributed by atoms with Crippen LogP contribution in [0.5, 0.6) is 0 Å². The molecule has 0 spiro atoms. The molecule has 1 aromatic heterocycles. The van der Waals surface area contributed by atoms with E-state index in [1.807, 2.05) is 13.8 Å². The third-order valence-corrected chi connectivity index (χ3v) is 3.06. The van der Waals surface area contributed by atoms with Crippen LogP contribution in [0.2, 0.25) is 0 Å². The maximum Gasteiger partial charge on any atom is 0.135 e. The number of rotatable bonds is 5. The van der Waals surface area contributed by atoms with E-state index in [4.69, 9.17) is 0 Å². The average Bonchev–Trinajstić information content (AvgIpc) is 2.44. The van der Waals surface area contributed by atoms with Crippen molar-refractivity contribution in [2.45, 2.75) is 27.3 Å². The number of halogens is 2. The molecular weight excluding hydrogens is 274 g/mol. The fraction of sp³-hybridized carbons (Fsp3) is 0.333. The van der Waals surface area contributed by atoms with E-state index in [2.05, 4.69) is 20.6 Å². The van der Waals surface area contributed by atoms with E-state index in [9.17, 15) is 8.78 Å². The summed E-state index contributed by atoms with van der Waals surface area (Å²) in [5.74, 6) is 1.06. The van der Waals surface area contributed by atoms with Crippen LogP contribution in [-0.2, 0) is 6.54 Å². The number of aryl methyl sites for hydroxylation is 1. The van der Waals surface area contributed by atoms with E-state index in [0.29, 0.717) is 11.6 Å². The smallest absolute Gasteiger partial charge is 0.135 e. The zero-order valence-electron chi connectivity index (χ0n) is 12.3. The summed E-state index contributed by atoms with van der Waals surface area (Å²) in [4.78, 5) is 8.62. The first-order chi connectivity index (χ1) is 10.0. The van der Waals surface area contributed by atoms with Crippen molar-refractivity contribution < 1.29 is 8.78 Å². The Bertz CT molecular complexity index is 644. The SMILES string of the molecule is CCNc1nc(C)nc(NCc2cc(F)ccc2F)c1C. The Kier molecular flexibility index (Phi) is 4.67. The fourth-order valence-electron chi connectivity index (χ4n) is 2.00. The molecule has 0 saturated carbocycles. The molecule has 1 aromatic carbocycles. The Balaban J connectivity index is 2.21. The van der Waals surface area contributed by atoms with Gasteiger partial charge in [0.2, 0.25) is 0 Å². The van der Waals surface area contributed by atoms with Gasteiger partial charge < -0.3 is 10.6 Å². The van der Waals surface area contributed by atoms with Gasteiger partial charge >= 0.3 is 0 Å². The van der Waals surface area contributed by atoms with Crippen molar-refractivity contribution in [3.63, 3.8) is 0 Å². The molecule has 0 aliphatic heterocycles. The van der Waals surface area contributed by atoms with Gasteiger partial charge in [-0.05, 0) is 39.0 Å². The van der Waals surface area contributed by atoms with Crippen LogP contribution in [0.3, 0.4) is 0 Å². The molecule has 0 aliphatic rings. The normalized spacial score (nSPS) is 10.5. The highest BCUT2D eigenvalue weighted by molar-refractivity contribution is 5.57. The molecule has 4 nitrogen and oxygen atoms in total. The number of nitrogens with zero attached hydrogens (tertiary/aromatic N) is 2. The first-order valence-corrected chi connectivity index (χ1v) is 6.78. The number of aromatic nitrogens is 2. The van der Waals surface area contributed by atoms with Gasteiger partial charge in [-0.25, -0.2) is 18.7 Å². The summed E-state index contributed by atoms with van der Waals surface area (Å²) < 4.78 is 26.8. The lowest BCUT2D eigenvalue weighted by Crippen LogP contribution is -2.10. The molecule has 2 rings (SSSR count). The number of anilines is 2. The molecule has 0 atom stereocenters. The van der Waals surface area contributed by atoms with Gasteiger partial charge in [0.15, 0.2) is 0 Å². The van der Waals surface area contributed by atoms with Crippen molar-refractivity contribution in [1.82, 2.24) is 9.97 Å². The summed E-state index contributed by atoms with van der Waals surface area (Å²) >= 11 is 0. The molecule has 0 unspecified atom stereocenters. The Morgan fingerprint density at radius 3 is 2.38 bits per heavy atom. The summed E-state index contributed by atoms with van der Waals surface area (Å²) in [6, 6.07) is 3.40. The van der Waals surface area contributed by atoms with Gasteiger partial charge in [-0.1, -0.05) is 0 Å². The number of hydrogen-bond acceptors (Lipinski definition) is 4. The van der Waals surface area contributed by atoms with Crippen LogP contribution in [0.15, 0.2) is 18.2 Å². The summed E-state index contributed by atoms with van der Waals surface area (Å²) in [7, 11) is 0. The molecule has 1 heterocycles. The average molecular weight is 292 g/mol. The van der Waals surface area contributed by atoms with Gasteiger partial charge in [0.25, 0.3) is 0 Å². The summed E-state index contributed by atoms with van der Waals surface area (Å²) in [6.45, 7) is 6.55. The predicted octanol–water partition coefficient (Wildman–Crippen LogP) is 3.42. The molecule has 21 heavy (non-hydrogen) atoms. The minimum absolute atomic E-state index is 0.159. The maximum atomic E-state index is 13.6. The second kappa shape index (κ2) is 6.47. The lowest BCUT2D eigenvalue weighted by atomic mass is 10.2. The first kappa shape index (κ1) is 15.2.